The van der Waals surface area contributed by atoms with Crippen LogP contribution in [0.15, 0.2) is 59.6 Å². The van der Waals surface area contributed by atoms with E-state index in [0.29, 0.717) is 11.9 Å². The maximum absolute atomic E-state index is 6.23. The van der Waals surface area contributed by atoms with Gasteiger partial charge in [-0.15, -0.1) is 0 Å². The standard InChI is InChI=1S/C22H23N3/c1-14(2)17-8-3-4-9-19(17)24-22(23)25-20-13-11-16-7-5-6-15-10-12-18(20)21(15)16/h3-9,11,13-14H,10,12H2,1-2H3,(H3,23,24,25). The van der Waals surface area contributed by atoms with Crippen LogP contribution in [0.1, 0.15) is 36.5 Å². The largest absolute Gasteiger partial charge is 0.369 e. The third-order valence-corrected chi connectivity index (χ3v) is 4.95. The predicted octanol–water partition coefficient (Wildman–Crippen LogP) is 5.12. The molecule has 0 amide bonds. The molecular formula is C22H23N3. The van der Waals surface area contributed by atoms with Crippen LogP contribution in [0.25, 0.3) is 10.8 Å². The summed E-state index contributed by atoms with van der Waals surface area (Å²) in [6.45, 7) is 4.34. The minimum atomic E-state index is 0.411. The van der Waals surface area contributed by atoms with E-state index in [9.17, 15) is 0 Å². The molecule has 4 rings (SSSR count). The van der Waals surface area contributed by atoms with Gasteiger partial charge in [-0.05, 0) is 58.4 Å². The number of nitrogens with one attached hydrogen (secondary N) is 1. The molecule has 0 spiro atoms. The zero-order chi connectivity index (χ0) is 17.4. The Kier molecular flexibility index (Phi) is 3.92. The zero-order valence-electron chi connectivity index (χ0n) is 14.7. The monoisotopic (exact) mass is 329 g/mol. The van der Waals surface area contributed by atoms with Crippen molar-refractivity contribution in [3.8, 4) is 0 Å². The van der Waals surface area contributed by atoms with Gasteiger partial charge in [0.05, 0.1) is 5.69 Å². The van der Waals surface area contributed by atoms with Gasteiger partial charge >= 0.3 is 0 Å². The third-order valence-electron chi connectivity index (χ3n) is 4.95. The number of guanidine groups is 1. The van der Waals surface area contributed by atoms with Crippen molar-refractivity contribution in [2.75, 3.05) is 5.32 Å². The second-order valence-electron chi connectivity index (χ2n) is 6.94. The highest BCUT2D eigenvalue weighted by Crippen LogP contribution is 2.35. The Morgan fingerprint density at radius 3 is 2.68 bits per heavy atom. The van der Waals surface area contributed by atoms with Gasteiger partial charge in [-0.25, -0.2) is 4.99 Å². The maximum atomic E-state index is 6.23. The Balaban J connectivity index is 1.69. The second-order valence-corrected chi connectivity index (χ2v) is 6.94. The molecule has 0 atom stereocenters. The summed E-state index contributed by atoms with van der Waals surface area (Å²) in [4.78, 5) is 4.63. The van der Waals surface area contributed by atoms with Crippen LogP contribution >= 0.6 is 0 Å². The van der Waals surface area contributed by atoms with E-state index >= 15 is 0 Å². The molecule has 25 heavy (non-hydrogen) atoms. The molecule has 0 unspecified atom stereocenters. The van der Waals surface area contributed by atoms with Crippen molar-refractivity contribution in [2.24, 2.45) is 10.7 Å². The van der Waals surface area contributed by atoms with Gasteiger partial charge < -0.3 is 11.1 Å². The van der Waals surface area contributed by atoms with Crippen LogP contribution < -0.4 is 11.1 Å². The molecule has 3 N–H and O–H groups in total. The third kappa shape index (κ3) is 2.86. The molecule has 1 aliphatic carbocycles. The molecule has 3 aromatic carbocycles. The van der Waals surface area contributed by atoms with E-state index in [-0.39, 0.29) is 0 Å². The van der Waals surface area contributed by atoms with E-state index in [1.807, 2.05) is 18.2 Å². The number of aliphatic imine (C=N–C) groups is 1. The Labute approximate surface area is 148 Å². The quantitative estimate of drug-likeness (QED) is 0.517. The van der Waals surface area contributed by atoms with E-state index < -0.39 is 0 Å². The lowest BCUT2D eigenvalue weighted by atomic mass is 10.0. The summed E-state index contributed by atoms with van der Waals surface area (Å²) < 4.78 is 0. The minimum Gasteiger partial charge on any atom is -0.369 e. The molecule has 0 saturated carbocycles. The number of aryl methyl sites for hydroxylation is 2. The maximum Gasteiger partial charge on any atom is 0.198 e. The number of hydrogen-bond donors (Lipinski definition) is 2. The zero-order valence-corrected chi connectivity index (χ0v) is 14.7. The summed E-state index contributed by atoms with van der Waals surface area (Å²) in [5, 5.41) is 6.01. The number of benzene rings is 3. The Morgan fingerprint density at radius 2 is 1.84 bits per heavy atom. The topological polar surface area (TPSA) is 50.4 Å². The predicted molar refractivity (Wildman–Crippen MR) is 107 cm³/mol. The molecule has 0 heterocycles. The first-order chi connectivity index (χ1) is 12.1. The van der Waals surface area contributed by atoms with Gasteiger partial charge in [0.2, 0.25) is 0 Å². The van der Waals surface area contributed by atoms with E-state index in [0.717, 1.165) is 24.2 Å². The Hall–Kier alpha value is -2.81. The normalized spacial score (nSPS) is 13.6. The summed E-state index contributed by atoms with van der Waals surface area (Å²) in [6, 6.07) is 19.0. The molecule has 1 aliphatic rings. The van der Waals surface area contributed by atoms with Crippen LogP contribution in [0, 0.1) is 0 Å². The van der Waals surface area contributed by atoms with Crippen molar-refractivity contribution in [1.29, 1.82) is 0 Å². The number of hydrogen-bond acceptors (Lipinski definition) is 1. The molecular weight excluding hydrogens is 306 g/mol. The molecule has 3 nitrogen and oxygen atoms in total. The number of rotatable bonds is 3. The fourth-order valence-corrected chi connectivity index (χ4v) is 3.75. The fourth-order valence-electron chi connectivity index (χ4n) is 3.75. The van der Waals surface area contributed by atoms with Crippen molar-refractivity contribution in [1.82, 2.24) is 0 Å². The van der Waals surface area contributed by atoms with Crippen molar-refractivity contribution in [3.05, 3.63) is 71.3 Å². The smallest absolute Gasteiger partial charge is 0.198 e. The van der Waals surface area contributed by atoms with Crippen LogP contribution in [0.5, 0.6) is 0 Å². The molecule has 0 aliphatic heterocycles. The SMILES string of the molecule is CC(C)c1ccccc1N=C(N)Nc1ccc2cccc3c2c1CC3. The van der Waals surface area contributed by atoms with Gasteiger partial charge in [-0.3, -0.25) is 0 Å². The number of nitrogens with zero attached hydrogens (tertiary/aromatic N) is 1. The van der Waals surface area contributed by atoms with Crippen LogP contribution in [-0.2, 0) is 12.8 Å². The van der Waals surface area contributed by atoms with Gasteiger partial charge in [0.25, 0.3) is 0 Å². The second kappa shape index (κ2) is 6.25. The first kappa shape index (κ1) is 15.7. The highest BCUT2D eigenvalue weighted by Gasteiger charge is 2.17. The molecule has 0 radical (unpaired) electrons. The highest BCUT2D eigenvalue weighted by atomic mass is 15.1. The van der Waals surface area contributed by atoms with Crippen molar-refractivity contribution < 1.29 is 0 Å². The minimum absolute atomic E-state index is 0.411. The molecule has 0 bridgehead atoms. The fraction of sp³-hybridized carbons (Fsp3) is 0.227. The average molecular weight is 329 g/mol. The van der Waals surface area contributed by atoms with Gasteiger partial charge in [0, 0.05) is 5.69 Å². The van der Waals surface area contributed by atoms with Gasteiger partial charge in [-0.2, -0.15) is 0 Å². The summed E-state index contributed by atoms with van der Waals surface area (Å²) in [6.07, 6.45) is 2.15. The molecule has 126 valence electrons. The summed E-state index contributed by atoms with van der Waals surface area (Å²) >= 11 is 0. The Bertz CT molecular complexity index is 970. The summed E-state index contributed by atoms with van der Waals surface area (Å²) in [7, 11) is 0. The average Bonchev–Trinajstić information content (AvgIpc) is 3.04. The lowest BCUT2D eigenvalue weighted by Gasteiger charge is -2.13. The van der Waals surface area contributed by atoms with E-state index in [2.05, 4.69) is 60.6 Å². The number of anilines is 1. The first-order valence-corrected chi connectivity index (χ1v) is 8.87. The van der Waals surface area contributed by atoms with Crippen LogP contribution in [0.3, 0.4) is 0 Å². The van der Waals surface area contributed by atoms with Gasteiger partial charge in [-0.1, -0.05) is 56.3 Å². The van der Waals surface area contributed by atoms with E-state index in [1.165, 1.54) is 27.5 Å². The van der Waals surface area contributed by atoms with Gasteiger partial charge in [0.15, 0.2) is 5.96 Å². The lowest BCUT2D eigenvalue weighted by Crippen LogP contribution is -2.22. The molecule has 0 fully saturated rings. The number of para-hydroxylation sites is 1. The van der Waals surface area contributed by atoms with Gasteiger partial charge in [0.1, 0.15) is 0 Å². The summed E-state index contributed by atoms with van der Waals surface area (Å²) in [5.74, 6) is 0.849. The molecule has 0 saturated heterocycles. The number of nitrogens with two attached hydrogens (primary N) is 1. The highest BCUT2D eigenvalue weighted by molar-refractivity contribution is 6.00. The van der Waals surface area contributed by atoms with Crippen LogP contribution in [0.4, 0.5) is 11.4 Å². The summed E-state index contributed by atoms with van der Waals surface area (Å²) in [5.41, 5.74) is 12.2. The molecule has 0 aromatic heterocycles. The Morgan fingerprint density at radius 1 is 1.00 bits per heavy atom. The van der Waals surface area contributed by atoms with Crippen LogP contribution in [-0.4, -0.2) is 5.96 Å². The first-order valence-electron chi connectivity index (χ1n) is 8.87. The molecule has 3 heteroatoms. The van der Waals surface area contributed by atoms with Crippen molar-refractivity contribution in [3.63, 3.8) is 0 Å². The van der Waals surface area contributed by atoms with E-state index in [1.54, 1.807) is 0 Å². The van der Waals surface area contributed by atoms with E-state index in [4.69, 9.17) is 5.73 Å². The van der Waals surface area contributed by atoms with Crippen LogP contribution in [0.2, 0.25) is 0 Å². The van der Waals surface area contributed by atoms with Crippen molar-refractivity contribution >= 4 is 28.1 Å². The lowest BCUT2D eigenvalue weighted by molar-refractivity contribution is 0.867. The molecule has 3 aromatic rings. The van der Waals surface area contributed by atoms with Crippen molar-refractivity contribution in [2.45, 2.75) is 32.6 Å².